The van der Waals surface area contributed by atoms with Gasteiger partial charge in [-0.15, -0.1) is 0 Å². The first kappa shape index (κ1) is 9.00. The zero-order chi connectivity index (χ0) is 10.3. The monoisotopic (exact) mass is 188 g/mol. The minimum atomic E-state index is 0.700. The van der Waals surface area contributed by atoms with Crippen LogP contribution in [0.2, 0.25) is 0 Å². The number of fused-ring (bicyclic) bond motifs is 1. The van der Waals surface area contributed by atoms with Crippen molar-refractivity contribution in [2.45, 2.75) is 20.8 Å². The summed E-state index contributed by atoms with van der Waals surface area (Å²) in [6.07, 6.45) is 0.863. The normalized spacial score (nSPS) is 10.8. The Morgan fingerprint density at radius 1 is 1.14 bits per heavy atom. The Morgan fingerprint density at radius 2 is 1.86 bits per heavy atom. The quantitative estimate of drug-likeness (QED) is 0.643. The summed E-state index contributed by atoms with van der Waals surface area (Å²) in [5.74, 6) is 0.922. The first-order chi connectivity index (χ1) is 6.65. The number of aldehydes is 1. The summed E-state index contributed by atoms with van der Waals surface area (Å²) in [5.41, 5.74) is 3.62. The molecule has 0 unspecified atom stereocenters. The van der Waals surface area contributed by atoms with E-state index < -0.39 is 0 Å². The second-order valence-electron chi connectivity index (χ2n) is 3.56. The molecule has 0 fully saturated rings. The van der Waals surface area contributed by atoms with Gasteiger partial charge in [0.25, 0.3) is 0 Å². The number of carbonyl (C=O) groups excluding carboxylic acids is 1. The van der Waals surface area contributed by atoms with Crippen LogP contribution in [0.15, 0.2) is 16.5 Å². The van der Waals surface area contributed by atoms with Crippen LogP contribution in [0, 0.1) is 20.8 Å². The van der Waals surface area contributed by atoms with Crippen molar-refractivity contribution in [2.75, 3.05) is 0 Å². The van der Waals surface area contributed by atoms with Crippen LogP contribution in [0.1, 0.15) is 27.2 Å². The Morgan fingerprint density at radius 3 is 2.50 bits per heavy atom. The van der Waals surface area contributed by atoms with E-state index in [0.717, 1.165) is 34.1 Å². The highest BCUT2D eigenvalue weighted by molar-refractivity contribution is 5.91. The predicted molar refractivity (Wildman–Crippen MR) is 55.8 cm³/mol. The van der Waals surface area contributed by atoms with Gasteiger partial charge in [0.15, 0.2) is 0 Å². The molecule has 14 heavy (non-hydrogen) atoms. The van der Waals surface area contributed by atoms with Crippen molar-refractivity contribution in [3.63, 3.8) is 0 Å². The standard InChI is InChI=1S/C12H12O2/c1-7-9(3)14-12-8(2)10(6-13)4-5-11(7)12/h4-6H,1-3H3. The van der Waals surface area contributed by atoms with E-state index in [0.29, 0.717) is 5.56 Å². The van der Waals surface area contributed by atoms with Crippen molar-refractivity contribution >= 4 is 17.3 Å². The molecule has 0 radical (unpaired) electrons. The first-order valence-electron chi connectivity index (χ1n) is 4.59. The molecule has 2 aromatic rings. The molecule has 0 atom stereocenters. The fraction of sp³-hybridized carbons (Fsp3) is 0.250. The number of benzene rings is 1. The number of furan rings is 1. The summed E-state index contributed by atoms with van der Waals surface area (Å²) in [4.78, 5) is 10.7. The summed E-state index contributed by atoms with van der Waals surface area (Å²) < 4.78 is 5.61. The number of hydrogen-bond donors (Lipinski definition) is 0. The number of aryl methyl sites for hydroxylation is 3. The molecule has 0 aliphatic rings. The lowest BCUT2D eigenvalue weighted by atomic mass is 10.0. The lowest BCUT2D eigenvalue weighted by molar-refractivity contribution is 0.112. The number of rotatable bonds is 1. The molecule has 0 aliphatic carbocycles. The highest BCUT2D eigenvalue weighted by Gasteiger charge is 2.10. The molecule has 72 valence electrons. The predicted octanol–water partition coefficient (Wildman–Crippen LogP) is 3.17. The Labute approximate surface area is 82.5 Å². The molecule has 0 N–H and O–H groups in total. The van der Waals surface area contributed by atoms with Gasteiger partial charge < -0.3 is 4.42 Å². The molecule has 1 heterocycles. The van der Waals surface area contributed by atoms with Crippen LogP contribution in [-0.4, -0.2) is 6.29 Å². The maximum Gasteiger partial charge on any atom is 0.150 e. The van der Waals surface area contributed by atoms with Gasteiger partial charge in [-0.3, -0.25) is 4.79 Å². The van der Waals surface area contributed by atoms with Gasteiger partial charge in [0.05, 0.1) is 0 Å². The summed E-state index contributed by atoms with van der Waals surface area (Å²) in [6.45, 7) is 5.88. The average Bonchev–Trinajstić information content (AvgIpc) is 2.46. The average molecular weight is 188 g/mol. The molecular weight excluding hydrogens is 176 g/mol. The molecule has 2 rings (SSSR count). The molecule has 0 amide bonds. The molecule has 2 nitrogen and oxygen atoms in total. The van der Waals surface area contributed by atoms with Gasteiger partial charge in [-0.1, -0.05) is 12.1 Å². The SMILES string of the molecule is Cc1oc2c(C)c(C=O)ccc2c1C. The van der Waals surface area contributed by atoms with Crippen LogP contribution < -0.4 is 0 Å². The van der Waals surface area contributed by atoms with Gasteiger partial charge in [0, 0.05) is 16.5 Å². The molecular formula is C12H12O2. The summed E-state index contributed by atoms with van der Waals surface area (Å²) >= 11 is 0. The number of carbonyl (C=O) groups is 1. The maximum atomic E-state index is 10.7. The van der Waals surface area contributed by atoms with E-state index in [1.807, 2.05) is 32.9 Å². The second-order valence-corrected chi connectivity index (χ2v) is 3.56. The molecule has 0 saturated carbocycles. The molecule has 2 heteroatoms. The van der Waals surface area contributed by atoms with Crippen LogP contribution >= 0.6 is 0 Å². The fourth-order valence-electron chi connectivity index (χ4n) is 1.68. The van der Waals surface area contributed by atoms with Crippen LogP contribution in [0.25, 0.3) is 11.0 Å². The minimum absolute atomic E-state index is 0.700. The Kier molecular flexibility index (Phi) is 1.92. The van der Waals surface area contributed by atoms with Gasteiger partial charge in [-0.25, -0.2) is 0 Å². The second kappa shape index (κ2) is 2.98. The highest BCUT2D eigenvalue weighted by atomic mass is 16.3. The van der Waals surface area contributed by atoms with Gasteiger partial charge >= 0.3 is 0 Å². The summed E-state index contributed by atoms with van der Waals surface area (Å²) in [5, 5.41) is 1.10. The summed E-state index contributed by atoms with van der Waals surface area (Å²) in [7, 11) is 0. The van der Waals surface area contributed by atoms with Crippen LogP contribution in [0.4, 0.5) is 0 Å². The van der Waals surface area contributed by atoms with Gasteiger partial charge in [0.1, 0.15) is 17.6 Å². The molecule has 1 aromatic carbocycles. The third kappa shape index (κ3) is 1.07. The Bertz CT molecular complexity index is 507. The molecule has 0 spiro atoms. The van der Waals surface area contributed by atoms with Crippen molar-refractivity contribution in [3.8, 4) is 0 Å². The van der Waals surface area contributed by atoms with Crippen LogP contribution in [0.5, 0.6) is 0 Å². The topological polar surface area (TPSA) is 30.2 Å². The first-order valence-corrected chi connectivity index (χ1v) is 4.59. The zero-order valence-corrected chi connectivity index (χ0v) is 8.55. The van der Waals surface area contributed by atoms with Crippen molar-refractivity contribution in [2.24, 2.45) is 0 Å². The fourth-order valence-corrected chi connectivity index (χ4v) is 1.68. The van der Waals surface area contributed by atoms with Crippen molar-refractivity contribution in [3.05, 3.63) is 34.6 Å². The largest absolute Gasteiger partial charge is 0.461 e. The lowest BCUT2D eigenvalue weighted by Crippen LogP contribution is -1.85. The highest BCUT2D eigenvalue weighted by Crippen LogP contribution is 2.28. The maximum absolute atomic E-state index is 10.7. The van der Waals surface area contributed by atoms with Crippen molar-refractivity contribution < 1.29 is 9.21 Å². The Hall–Kier alpha value is -1.57. The van der Waals surface area contributed by atoms with Crippen LogP contribution in [-0.2, 0) is 0 Å². The molecule has 0 aliphatic heterocycles. The van der Waals surface area contributed by atoms with Crippen molar-refractivity contribution in [1.82, 2.24) is 0 Å². The van der Waals surface area contributed by atoms with E-state index in [1.165, 1.54) is 0 Å². The summed E-state index contributed by atoms with van der Waals surface area (Å²) in [6, 6.07) is 3.78. The molecule has 0 bridgehead atoms. The van der Waals surface area contributed by atoms with E-state index >= 15 is 0 Å². The third-order valence-corrected chi connectivity index (χ3v) is 2.76. The van der Waals surface area contributed by atoms with E-state index in [1.54, 1.807) is 0 Å². The minimum Gasteiger partial charge on any atom is -0.461 e. The van der Waals surface area contributed by atoms with Crippen LogP contribution in [0.3, 0.4) is 0 Å². The molecule has 1 aromatic heterocycles. The van der Waals surface area contributed by atoms with Gasteiger partial charge in [-0.2, -0.15) is 0 Å². The van der Waals surface area contributed by atoms with E-state index in [2.05, 4.69) is 0 Å². The zero-order valence-electron chi connectivity index (χ0n) is 8.55. The third-order valence-electron chi connectivity index (χ3n) is 2.76. The number of hydrogen-bond acceptors (Lipinski definition) is 2. The lowest BCUT2D eigenvalue weighted by Gasteiger charge is -1.98. The van der Waals surface area contributed by atoms with E-state index in [-0.39, 0.29) is 0 Å². The van der Waals surface area contributed by atoms with Crippen molar-refractivity contribution in [1.29, 1.82) is 0 Å². The van der Waals surface area contributed by atoms with E-state index in [9.17, 15) is 4.79 Å². The smallest absolute Gasteiger partial charge is 0.150 e. The Balaban J connectivity index is 2.90. The van der Waals surface area contributed by atoms with E-state index in [4.69, 9.17) is 4.42 Å². The van der Waals surface area contributed by atoms with Gasteiger partial charge in [-0.05, 0) is 26.3 Å². The molecule has 0 saturated heterocycles. The van der Waals surface area contributed by atoms with Gasteiger partial charge in [0.2, 0.25) is 0 Å².